The number of carbonyl (C=O) groups is 1. The van der Waals surface area contributed by atoms with Crippen LogP contribution in [0.3, 0.4) is 0 Å². The van der Waals surface area contributed by atoms with Crippen LogP contribution in [0.5, 0.6) is 0 Å². The zero-order valence-corrected chi connectivity index (χ0v) is 9.61. The first-order valence-corrected chi connectivity index (χ1v) is 5.49. The molecule has 0 unspecified atom stereocenters. The fraction of sp³-hybridized carbons (Fsp3) is 0.600. The van der Waals surface area contributed by atoms with Crippen LogP contribution in [-0.4, -0.2) is 17.9 Å². The van der Waals surface area contributed by atoms with Crippen LogP contribution in [0.4, 0.5) is 0 Å². The minimum atomic E-state index is 0.105. The van der Waals surface area contributed by atoms with Crippen molar-refractivity contribution in [3.63, 3.8) is 0 Å². The lowest BCUT2D eigenvalue weighted by atomic mass is 10.2. The molecule has 0 saturated heterocycles. The van der Waals surface area contributed by atoms with Crippen molar-refractivity contribution in [2.45, 2.75) is 33.3 Å². The Morgan fingerprint density at radius 2 is 2.29 bits per heavy atom. The second kappa shape index (κ2) is 5.22. The summed E-state index contributed by atoms with van der Waals surface area (Å²) in [5, 5.41) is 0.890. The molecule has 4 heteroatoms. The minimum Gasteiger partial charge on any atom is -0.378 e. The maximum atomic E-state index is 11.3. The summed E-state index contributed by atoms with van der Waals surface area (Å²) in [5.74, 6) is 0.105. The molecule has 1 aromatic rings. The van der Waals surface area contributed by atoms with Crippen LogP contribution in [0.25, 0.3) is 0 Å². The van der Waals surface area contributed by atoms with Gasteiger partial charge in [-0.25, -0.2) is 4.98 Å². The third-order valence-corrected chi connectivity index (χ3v) is 2.99. The van der Waals surface area contributed by atoms with Crippen LogP contribution >= 0.6 is 11.3 Å². The second-order valence-corrected chi connectivity index (χ2v) is 4.21. The van der Waals surface area contributed by atoms with Gasteiger partial charge in [-0.15, -0.1) is 11.3 Å². The van der Waals surface area contributed by atoms with Gasteiger partial charge in [0.1, 0.15) is 5.01 Å². The van der Waals surface area contributed by atoms with Gasteiger partial charge in [-0.05, 0) is 6.42 Å². The molecule has 0 aromatic carbocycles. The Bertz CT molecular complexity index is 320. The first kappa shape index (κ1) is 11.3. The van der Waals surface area contributed by atoms with E-state index in [0.29, 0.717) is 6.61 Å². The molecule has 0 fully saturated rings. The highest BCUT2D eigenvalue weighted by Crippen LogP contribution is 2.21. The largest absolute Gasteiger partial charge is 0.378 e. The minimum absolute atomic E-state index is 0.105. The van der Waals surface area contributed by atoms with Gasteiger partial charge in [-0.1, -0.05) is 13.3 Å². The van der Waals surface area contributed by atoms with Crippen molar-refractivity contribution in [2.75, 3.05) is 7.11 Å². The number of aromatic nitrogens is 1. The van der Waals surface area contributed by atoms with Gasteiger partial charge >= 0.3 is 0 Å². The number of nitrogens with zero attached hydrogens (tertiary/aromatic N) is 1. The van der Waals surface area contributed by atoms with Crippen molar-refractivity contribution >= 4 is 17.1 Å². The summed E-state index contributed by atoms with van der Waals surface area (Å²) in [7, 11) is 1.63. The summed E-state index contributed by atoms with van der Waals surface area (Å²) in [6.07, 6.45) is 1.88. The molecule has 1 aromatic heterocycles. The van der Waals surface area contributed by atoms with Gasteiger partial charge in [0, 0.05) is 14.0 Å². The van der Waals surface area contributed by atoms with Crippen molar-refractivity contribution in [2.24, 2.45) is 0 Å². The quantitative estimate of drug-likeness (QED) is 0.705. The lowest BCUT2D eigenvalue weighted by Crippen LogP contribution is -1.95. The standard InChI is InChI=1S/C10H15NO2S/c1-4-5-8-10(7(2)12)14-9(11-8)6-13-3/h4-6H2,1-3H3. The maximum absolute atomic E-state index is 11.3. The second-order valence-electron chi connectivity index (χ2n) is 3.12. The van der Waals surface area contributed by atoms with E-state index in [2.05, 4.69) is 11.9 Å². The summed E-state index contributed by atoms with van der Waals surface area (Å²) < 4.78 is 4.99. The summed E-state index contributed by atoms with van der Waals surface area (Å²) in [4.78, 5) is 16.5. The number of carbonyl (C=O) groups excluding carboxylic acids is 1. The number of Topliss-reactive ketones (excluding diaryl/α,β-unsaturated/α-hetero) is 1. The zero-order chi connectivity index (χ0) is 10.6. The smallest absolute Gasteiger partial charge is 0.171 e. The molecule has 0 bridgehead atoms. The molecule has 0 saturated carbocycles. The van der Waals surface area contributed by atoms with Crippen molar-refractivity contribution in [1.82, 2.24) is 4.98 Å². The van der Waals surface area contributed by atoms with E-state index in [-0.39, 0.29) is 5.78 Å². The number of ether oxygens (including phenoxy) is 1. The summed E-state index contributed by atoms with van der Waals surface area (Å²) in [6, 6.07) is 0. The van der Waals surface area contributed by atoms with Crippen LogP contribution in [0.1, 0.15) is 40.6 Å². The summed E-state index contributed by atoms with van der Waals surface area (Å²) >= 11 is 1.45. The maximum Gasteiger partial charge on any atom is 0.171 e. The first-order valence-electron chi connectivity index (χ1n) is 4.67. The summed E-state index contributed by atoms with van der Waals surface area (Å²) in [5.41, 5.74) is 0.928. The SMILES string of the molecule is CCCc1nc(COC)sc1C(C)=O. The highest BCUT2D eigenvalue weighted by molar-refractivity contribution is 7.13. The predicted molar refractivity (Wildman–Crippen MR) is 56.8 cm³/mol. The van der Waals surface area contributed by atoms with Crippen molar-refractivity contribution < 1.29 is 9.53 Å². The van der Waals surface area contributed by atoms with Crippen LogP contribution in [0, 0.1) is 0 Å². The number of ketones is 1. The van der Waals surface area contributed by atoms with Gasteiger partial charge in [0.25, 0.3) is 0 Å². The Labute approximate surface area is 88.1 Å². The lowest BCUT2D eigenvalue weighted by Gasteiger charge is -1.94. The van der Waals surface area contributed by atoms with Gasteiger partial charge in [0.2, 0.25) is 0 Å². The van der Waals surface area contributed by atoms with Crippen LogP contribution in [-0.2, 0) is 17.8 Å². The molecule has 0 aliphatic heterocycles. The molecule has 14 heavy (non-hydrogen) atoms. The van der Waals surface area contributed by atoms with Gasteiger partial charge in [0.05, 0.1) is 17.2 Å². The molecule has 0 atom stereocenters. The number of thiazole rings is 1. The van der Waals surface area contributed by atoms with E-state index >= 15 is 0 Å². The lowest BCUT2D eigenvalue weighted by molar-refractivity contribution is 0.102. The number of hydrogen-bond donors (Lipinski definition) is 0. The fourth-order valence-electron chi connectivity index (χ4n) is 1.27. The summed E-state index contributed by atoms with van der Waals surface area (Å²) in [6.45, 7) is 4.16. The zero-order valence-electron chi connectivity index (χ0n) is 8.79. The van der Waals surface area contributed by atoms with Crippen molar-refractivity contribution in [1.29, 1.82) is 0 Å². The molecule has 78 valence electrons. The van der Waals surface area contributed by atoms with Gasteiger partial charge in [0.15, 0.2) is 5.78 Å². The molecular formula is C10H15NO2S. The Balaban J connectivity index is 2.93. The normalized spacial score (nSPS) is 10.5. The monoisotopic (exact) mass is 213 g/mol. The molecule has 1 rings (SSSR count). The van der Waals surface area contributed by atoms with E-state index < -0.39 is 0 Å². The Hall–Kier alpha value is -0.740. The van der Waals surface area contributed by atoms with E-state index in [1.54, 1.807) is 14.0 Å². The first-order chi connectivity index (χ1) is 6.69. The van der Waals surface area contributed by atoms with Crippen molar-refractivity contribution in [3.8, 4) is 0 Å². The van der Waals surface area contributed by atoms with E-state index in [1.165, 1.54) is 11.3 Å². The number of methoxy groups -OCH3 is 1. The molecule has 0 spiro atoms. The molecule has 0 amide bonds. The van der Waals surface area contributed by atoms with Gasteiger partial charge < -0.3 is 4.74 Å². The van der Waals surface area contributed by atoms with Gasteiger partial charge in [-0.2, -0.15) is 0 Å². The average Bonchev–Trinajstić information content (AvgIpc) is 2.49. The Morgan fingerprint density at radius 3 is 2.79 bits per heavy atom. The highest BCUT2D eigenvalue weighted by Gasteiger charge is 2.13. The van der Waals surface area contributed by atoms with E-state index in [4.69, 9.17) is 4.74 Å². The molecule has 0 N–H and O–H groups in total. The number of rotatable bonds is 5. The fourth-order valence-corrected chi connectivity index (χ4v) is 2.24. The number of aryl methyl sites for hydroxylation is 1. The molecular weight excluding hydrogens is 198 g/mol. The Kier molecular flexibility index (Phi) is 4.22. The highest BCUT2D eigenvalue weighted by atomic mass is 32.1. The van der Waals surface area contributed by atoms with E-state index in [9.17, 15) is 4.79 Å². The third kappa shape index (κ3) is 2.62. The molecule has 0 aliphatic rings. The predicted octanol–water partition coefficient (Wildman–Crippen LogP) is 2.44. The van der Waals surface area contributed by atoms with E-state index in [1.807, 2.05) is 0 Å². The molecule has 0 radical (unpaired) electrons. The molecule has 1 heterocycles. The van der Waals surface area contributed by atoms with Crippen LogP contribution < -0.4 is 0 Å². The number of hydrogen-bond acceptors (Lipinski definition) is 4. The van der Waals surface area contributed by atoms with Crippen molar-refractivity contribution in [3.05, 3.63) is 15.6 Å². The van der Waals surface area contributed by atoms with E-state index in [0.717, 1.165) is 28.4 Å². The molecule has 3 nitrogen and oxygen atoms in total. The van der Waals surface area contributed by atoms with Gasteiger partial charge in [-0.3, -0.25) is 4.79 Å². The average molecular weight is 213 g/mol. The topological polar surface area (TPSA) is 39.2 Å². The van der Waals surface area contributed by atoms with Crippen LogP contribution in [0.15, 0.2) is 0 Å². The Morgan fingerprint density at radius 1 is 1.57 bits per heavy atom. The third-order valence-electron chi connectivity index (χ3n) is 1.82. The molecule has 0 aliphatic carbocycles. The van der Waals surface area contributed by atoms with Crippen LogP contribution in [0.2, 0.25) is 0 Å².